The Morgan fingerprint density at radius 1 is 1.21 bits per heavy atom. The van der Waals surface area contributed by atoms with Crippen LogP contribution in [0.25, 0.3) is 17.0 Å². The van der Waals surface area contributed by atoms with Gasteiger partial charge in [0.05, 0.1) is 12.1 Å². The molecular formula is C16H20N2O. The Bertz CT molecular complexity index is 532. The fourth-order valence-electron chi connectivity index (χ4n) is 1.97. The normalized spacial score (nSPS) is 11.4. The molecule has 1 N–H and O–H groups in total. The third kappa shape index (κ3) is 4.16. The summed E-state index contributed by atoms with van der Waals surface area (Å²) < 4.78 is 4.98. The first-order valence-corrected chi connectivity index (χ1v) is 6.62. The molecular weight excluding hydrogens is 236 g/mol. The number of pyridine rings is 1. The molecule has 0 radical (unpaired) electrons. The van der Waals surface area contributed by atoms with Gasteiger partial charge in [-0.05, 0) is 30.7 Å². The lowest BCUT2D eigenvalue weighted by Gasteiger charge is -2.02. The number of fused-ring (bicyclic) bond motifs is 1. The van der Waals surface area contributed by atoms with E-state index in [0.717, 1.165) is 31.6 Å². The maximum Gasteiger partial charge on any atom is 0.0707 e. The van der Waals surface area contributed by atoms with Crippen LogP contribution in [-0.2, 0) is 4.74 Å². The number of nitrogens with one attached hydrogen (secondary N) is 1. The van der Waals surface area contributed by atoms with Crippen molar-refractivity contribution in [1.82, 2.24) is 10.3 Å². The fraction of sp³-hybridized carbons (Fsp3) is 0.312. The molecule has 0 saturated heterocycles. The van der Waals surface area contributed by atoms with Crippen molar-refractivity contribution in [2.24, 2.45) is 0 Å². The number of methoxy groups -OCH3 is 1. The lowest BCUT2D eigenvalue weighted by Crippen LogP contribution is -2.19. The van der Waals surface area contributed by atoms with E-state index in [1.807, 2.05) is 24.4 Å². The highest BCUT2D eigenvalue weighted by atomic mass is 16.5. The average molecular weight is 256 g/mol. The molecule has 0 atom stereocenters. The molecule has 0 spiro atoms. The zero-order chi connectivity index (χ0) is 13.3. The van der Waals surface area contributed by atoms with Gasteiger partial charge in [0.1, 0.15) is 0 Å². The van der Waals surface area contributed by atoms with Crippen molar-refractivity contribution in [3.05, 3.63) is 48.2 Å². The van der Waals surface area contributed by atoms with Crippen LogP contribution in [0.4, 0.5) is 0 Å². The monoisotopic (exact) mass is 256 g/mol. The lowest BCUT2D eigenvalue weighted by molar-refractivity contribution is 0.199. The molecule has 3 nitrogen and oxygen atoms in total. The molecule has 0 aliphatic heterocycles. The second kappa shape index (κ2) is 7.67. The van der Waals surface area contributed by atoms with E-state index >= 15 is 0 Å². The van der Waals surface area contributed by atoms with Gasteiger partial charge < -0.3 is 10.1 Å². The number of ether oxygens (including phenoxy) is 1. The molecule has 0 aliphatic carbocycles. The molecule has 100 valence electrons. The summed E-state index contributed by atoms with van der Waals surface area (Å²) in [6.45, 7) is 2.64. The van der Waals surface area contributed by atoms with Crippen LogP contribution in [0.5, 0.6) is 0 Å². The first-order chi connectivity index (χ1) is 9.42. The largest absolute Gasteiger partial charge is 0.383 e. The zero-order valence-corrected chi connectivity index (χ0v) is 11.3. The van der Waals surface area contributed by atoms with E-state index in [4.69, 9.17) is 4.74 Å². The molecule has 0 bridgehead atoms. The minimum atomic E-state index is 0.763. The summed E-state index contributed by atoms with van der Waals surface area (Å²) in [5, 5.41) is 4.52. The molecule has 1 aromatic heterocycles. The number of rotatable bonds is 7. The molecule has 19 heavy (non-hydrogen) atoms. The standard InChI is InChI=1S/C16H20N2O/c1-19-13-12-17-10-3-2-6-14-7-4-9-16-15(14)8-5-11-18-16/h2,4-9,11,17H,3,10,12-13H2,1H3/b6-2+. The molecule has 0 saturated carbocycles. The van der Waals surface area contributed by atoms with Crippen LogP contribution in [0.2, 0.25) is 0 Å². The third-order valence-electron chi connectivity index (χ3n) is 2.95. The highest BCUT2D eigenvalue weighted by Crippen LogP contribution is 2.17. The van der Waals surface area contributed by atoms with Crippen molar-refractivity contribution in [3.8, 4) is 0 Å². The molecule has 1 aromatic carbocycles. The van der Waals surface area contributed by atoms with Crippen molar-refractivity contribution in [3.63, 3.8) is 0 Å². The fourth-order valence-corrected chi connectivity index (χ4v) is 1.97. The van der Waals surface area contributed by atoms with E-state index in [2.05, 4.69) is 34.6 Å². The van der Waals surface area contributed by atoms with Crippen LogP contribution in [0, 0.1) is 0 Å². The topological polar surface area (TPSA) is 34.1 Å². The predicted octanol–water partition coefficient (Wildman–Crippen LogP) is 2.87. The van der Waals surface area contributed by atoms with E-state index in [-0.39, 0.29) is 0 Å². The molecule has 0 amide bonds. The molecule has 0 aliphatic rings. The van der Waals surface area contributed by atoms with E-state index in [9.17, 15) is 0 Å². The van der Waals surface area contributed by atoms with Crippen LogP contribution in [0.15, 0.2) is 42.6 Å². The minimum Gasteiger partial charge on any atom is -0.383 e. The number of hydrogen-bond donors (Lipinski definition) is 1. The summed E-state index contributed by atoms with van der Waals surface area (Å²) >= 11 is 0. The second-order valence-electron chi connectivity index (χ2n) is 4.35. The molecule has 0 unspecified atom stereocenters. The Hall–Kier alpha value is -1.71. The van der Waals surface area contributed by atoms with Crippen molar-refractivity contribution in [1.29, 1.82) is 0 Å². The van der Waals surface area contributed by atoms with Crippen LogP contribution in [0.3, 0.4) is 0 Å². The number of hydrogen-bond acceptors (Lipinski definition) is 3. The van der Waals surface area contributed by atoms with Gasteiger partial charge in [0, 0.05) is 25.2 Å². The zero-order valence-electron chi connectivity index (χ0n) is 11.3. The van der Waals surface area contributed by atoms with Gasteiger partial charge in [-0.1, -0.05) is 30.4 Å². The lowest BCUT2D eigenvalue weighted by atomic mass is 10.1. The number of nitrogens with zero attached hydrogens (tertiary/aromatic N) is 1. The summed E-state index contributed by atoms with van der Waals surface area (Å²) in [7, 11) is 1.72. The predicted molar refractivity (Wildman–Crippen MR) is 80.1 cm³/mol. The van der Waals surface area contributed by atoms with E-state index in [1.54, 1.807) is 7.11 Å². The first kappa shape index (κ1) is 13.7. The molecule has 3 heteroatoms. The second-order valence-corrected chi connectivity index (χ2v) is 4.35. The molecule has 2 rings (SSSR count). The van der Waals surface area contributed by atoms with Crippen LogP contribution in [0.1, 0.15) is 12.0 Å². The number of benzene rings is 1. The van der Waals surface area contributed by atoms with Crippen LogP contribution in [-0.4, -0.2) is 31.8 Å². The van der Waals surface area contributed by atoms with Gasteiger partial charge >= 0.3 is 0 Å². The maximum atomic E-state index is 4.98. The van der Waals surface area contributed by atoms with Crippen LogP contribution >= 0.6 is 0 Å². The Balaban J connectivity index is 1.90. The first-order valence-electron chi connectivity index (χ1n) is 6.62. The molecule has 0 fully saturated rings. The maximum absolute atomic E-state index is 4.98. The average Bonchev–Trinajstić information content (AvgIpc) is 2.46. The summed E-state index contributed by atoms with van der Waals surface area (Å²) in [6.07, 6.45) is 7.21. The van der Waals surface area contributed by atoms with Gasteiger partial charge in [0.15, 0.2) is 0 Å². The van der Waals surface area contributed by atoms with Gasteiger partial charge in [-0.15, -0.1) is 0 Å². The Morgan fingerprint density at radius 2 is 2.16 bits per heavy atom. The van der Waals surface area contributed by atoms with E-state index < -0.39 is 0 Å². The molecule has 1 heterocycles. The van der Waals surface area contributed by atoms with Crippen molar-refractivity contribution < 1.29 is 4.74 Å². The van der Waals surface area contributed by atoms with Gasteiger partial charge in [-0.3, -0.25) is 4.98 Å². The number of aromatic nitrogens is 1. The van der Waals surface area contributed by atoms with E-state index in [1.165, 1.54) is 10.9 Å². The quantitative estimate of drug-likeness (QED) is 0.773. The van der Waals surface area contributed by atoms with Crippen molar-refractivity contribution in [2.45, 2.75) is 6.42 Å². The van der Waals surface area contributed by atoms with Gasteiger partial charge in [-0.2, -0.15) is 0 Å². The Kier molecular flexibility index (Phi) is 5.53. The van der Waals surface area contributed by atoms with Crippen molar-refractivity contribution >= 4 is 17.0 Å². The molecule has 2 aromatic rings. The summed E-state index contributed by atoms with van der Waals surface area (Å²) in [5.74, 6) is 0. The Morgan fingerprint density at radius 3 is 3.05 bits per heavy atom. The summed E-state index contributed by atoms with van der Waals surface area (Å²) in [6, 6.07) is 10.3. The van der Waals surface area contributed by atoms with Gasteiger partial charge in [-0.25, -0.2) is 0 Å². The SMILES string of the molecule is COCCNCC/C=C/c1cccc2ncccc12. The minimum absolute atomic E-state index is 0.763. The highest BCUT2D eigenvalue weighted by Gasteiger charge is 1.96. The van der Waals surface area contributed by atoms with Crippen molar-refractivity contribution in [2.75, 3.05) is 26.8 Å². The highest BCUT2D eigenvalue weighted by molar-refractivity contribution is 5.87. The van der Waals surface area contributed by atoms with Gasteiger partial charge in [0.2, 0.25) is 0 Å². The summed E-state index contributed by atoms with van der Waals surface area (Å²) in [4.78, 5) is 4.36. The third-order valence-corrected chi connectivity index (χ3v) is 2.95. The van der Waals surface area contributed by atoms with Gasteiger partial charge in [0.25, 0.3) is 0 Å². The van der Waals surface area contributed by atoms with Crippen LogP contribution < -0.4 is 5.32 Å². The van der Waals surface area contributed by atoms with E-state index in [0.29, 0.717) is 0 Å². The Labute approximate surface area is 114 Å². The smallest absolute Gasteiger partial charge is 0.0707 e. The summed E-state index contributed by atoms with van der Waals surface area (Å²) in [5.41, 5.74) is 2.27.